The van der Waals surface area contributed by atoms with Gasteiger partial charge in [-0.25, -0.2) is 0 Å². The highest BCUT2D eigenvalue weighted by atomic mass is 14.8. The molecule has 56 valence electrons. The molecule has 0 aromatic carbocycles. The van der Waals surface area contributed by atoms with E-state index in [1.54, 1.807) is 0 Å². The molecule has 0 aliphatic carbocycles. The summed E-state index contributed by atoms with van der Waals surface area (Å²) in [7, 11) is 1.91. The lowest BCUT2D eigenvalue weighted by molar-refractivity contribution is 1.03. The summed E-state index contributed by atoms with van der Waals surface area (Å²) in [6.45, 7) is 4.00. The van der Waals surface area contributed by atoms with E-state index in [0.29, 0.717) is 0 Å². The van der Waals surface area contributed by atoms with Gasteiger partial charge >= 0.3 is 0 Å². The molecule has 0 rings (SSSR count). The van der Waals surface area contributed by atoms with Crippen molar-refractivity contribution in [2.45, 2.75) is 13.8 Å². The van der Waals surface area contributed by atoms with E-state index in [1.807, 2.05) is 51.3 Å². The molecule has 0 aliphatic heterocycles. The van der Waals surface area contributed by atoms with Crippen molar-refractivity contribution in [3.8, 4) is 0 Å². The van der Waals surface area contributed by atoms with Gasteiger partial charge < -0.3 is 5.32 Å². The lowest BCUT2D eigenvalue weighted by Crippen LogP contribution is -2.01. The Morgan fingerprint density at radius 3 is 2.30 bits per heavy atom. The molecular formula is C9H15N. The van der Waals surface area contributed by atoms with E-state index in [4.69, 9.17) is 0 Å². The molecule has 0 heterocycles. The zero-order chi connectivity index (χ0) is 7.82. The molecule has 0 unspecified atom stereocenters. The first-order chi connectivity index (χ1) is 4.85. The van der Waals surface area contributed by atoms with Crippen molar-refractivity contribution in [3.63, 3.8) is 0 Å². The van der Waals surface area contributed by atoms with Crippen LogP contribution in [0.25, 0.3) is 0 Å². The van der Waals surface area contributed by atoms with Crippen molar-refractivity contribution in [2.24, 2.45) is 0 Å². The molecule has 1 heteroatoms. The quantitative estimate of drug-likeness (QED) is 0.588. The molecule has 0 saturated carbocycles. The third-order valence-electron chi connectivity index (χ3n) is 1.10. The number of allylic oxidation sites excluding steroid dienone is 5. The molecule has 0 radical (unpaired) electrons. The van der Waals surface area contributed by atoms with Crippen molar-refractivity contribution in [1.29, 1.82) is 0 Å². The highest BCUT2D eigenvalue weighted by Crippen LogP contribution is 1.90. The van der Waals surface area contributed by atoms with Gasteiger partial charge in [0.15, 0.2) is 0 Å². The summed E-state index contributed by atoms with van der Waals surface area (Å²) in [5.41, 5.74) is 1.13. The predicted octanol–water partition coefficient (Wildman–Crippen LogP) is 2.24. The number of hydrogen-bond donors (Lipinski definition) is 1. The highest BCUT2D eigenvalue weighted by molar-refractivity contribution is 5.20. The van der Waals surface area contributed by atoms with Crippen LogP contribution in [0.1, 0.15) is 13.8 Å². The Morgan fingerprint density at radius 2 is 1.90 bits per heavy atom. The maximum absolute atomic E-state index is 3.06. The van der Waals surface area contributed by atoms with Crippen LogP contribution in [0.2, 0.25) is 0 Å². The smallest absolute Gasteiger partial charge is 0.0334 e. The van der Waals surface area contributed by atoms with Crippen LogP contribution in [0, 0.1) is 0 Å². The standard InChI is InChI=1S/C9H15N/c1-4-6-8-9(10-3)7-5-2/h4-8,10H,1-3H3/b6-4-,7-5+,9-8+. The van der Waals surface area contributed by atoms with Gasteiger partial charge in [0.1, 0.15) is 0 Å². The molecule has 0 aromatic heterocycles. The molecule has 1 N–H and O–H groups in total. The molecule has 0 fully saturated rings. The summed E-state index contributed by atoms with van der Waals surface area (Å²) in [4.78, 5) is 0. The summed E-state index contributed by atoms with van der Waals surface area (Å²) >= 11 is 0. The van der Waals surface area contributed by atoms with E-state index in [9.17, 15) is 0 Å². The van der Waals surface area contributed by atoms with E-state index in [2.05, 4.69) is 5.32 Å². The molecule has 0 spiro atoms. The van der Waals surface area contributed by atoms with Gasteiger partial charge in [0.05, 0.1) is 0 Å². The third kappa shape index (κ3) is 3.96. The van der Waals surface area contributed by atoms with Crippen molar-refractivity contribution in [3.05, 3.63) is 36.1 Å². The minimum absolute atomic E-state index is 1.13. The van der Waals surface area contributed by atoms with Crippen LogP contribution in [-0.2, 0) is 0 Å². The Morgan fingerprint density at radius 1 is 1.20 bits per heavy atom. The average molecular weight is 137 g/mol. The maximum Gasteiger partial charge on any atom is 0.0334 e. The zero-order valence-corrected chi connectivity index (χ0v) is 6.89. The summed E-state index contributed by atoms with van der Waals surface area (Å²) < 4.78 is 0. The van der Waals surface area contributed by atoms with Crippen molar-refractivity contribution in [1.82, 2.24) is 5.32 Å². The van der Waals surface area contributed by atoms with Gasteiger partial charge in [-0.2, -0.15) is 0 Å². The Balaban J connectivity index is 4.04. The van der Waals surface area contributed by atoms with Crippen LogP contribution < -0.4 is 5.32 Å². The van der Waals surface area contributed by atoms with Crippen LogP contribution in [0.5, 0.6) is 0 Å². The molecule has 0 bridgehead atoms. The molecule has 0 aromatic rings. The first-order valence-corrected chi connectivity index (χ1v) is 3.48. The van der Waals surface area contributed by atoms with Crippen molar-refractivity contribution >= 4 is 0 Å². The van der Waals surface area contributed by atoms with Crippen LogP contribution in [0.3, 0.4) is 0 Å². The Kier molecular flexibility index (Phi) is 5.54. The second-order valence-electron chi connectivity index (χ2n) is 1.90. The van der Waals surface area contributed by atoms with Crippen molar-refractivity contribution in [2.75, 3.05) is 7.05 Å². The average Bonchev–Trinajstić information content (AvgIpc) is 1.98. The van der Waals surface area contributed by atoms with Crippen LogP contribution in [0.4, 0.5) is 0 Å². The van der Waals surface area contributed by atoms with E-state index in [-0.39, 0.29) is 0 Å². The fraction of sp³-hybridized carbons (Fsp3) is 0.333. The minimum atomic E-state index is 1.13. The predicted molar refractivity (Wildman–Crippen MR) is 46.8 cm³/mol. The molecule has 10 heavy (non-hydrogen) atoms. The van der Waals surface area contributed by atoms with Gasteiger partial charge in [-0.15, -0.1) is 0 Å². The van der Waals surface area contributed by atoms with Crippen LogP contribution in [-0.4, -0.2) is 7.05 Å². The van der Waals surface area contributed by atoms with E-state index < -0.39 is 0 Å². The first kappa shape index (κ1) is 9.02. The van der Waals surface area contributed by atoms with Crippen molar-refractivity contribution < 1.29 is 0 Å². The molecule has 0 aliphatic rings. The number of nitrogens with one attached hydrogen (secondary N) is 1. The third-order valence-corrected chi connectivity index (χ3v) is 1.10. The van der Waals surface area contributed by atoms with Crippen LogP contribution >= 0.6 is 0 Å². The Hall–Kier alpha value is -0.980. The molecule has 0 amide bonds. The summed E-state index contributed by atoms with van der Waals surface area (Å²) in [6.07, 6.45) is 10.1. The normalized spacial score (nSPS) is 13.3. The summed E-state index contributed by atoms with van der Waals surface area (Å²) in [5, 5.41) is 3.06. The second kappa shape index (κ2) is 6.14. The largest absolute Gasteiger partial charge is 0.388 e. The number of rotatable bonds is 3. The first-order valence-electron chi connectivity index (χ1n) is 3.48. The summed E-state index contributed by atoms with van der Waals surface area (Å²) in [5.74, 6) is 0. The lowest BCUT2D eigenvalue weighted by atomic mass is 10.3. The lowest BCUT2D eigenvalue weighted by Gasteiger charge is -1.96. The van der Waals surface area contributed by atoms with Gasteiger partial charge in [-0.3, -0.25) is 0 Å². The highest BCUT2D eigenvalue weighted by Gasteiger charge is 1.79. The van der Waals surface area contributed by atoms with E-state index in [0.717, 1.165) is 5.70 Å². The molecule has 0 atom stereocenters. The number of hydrogen-bond acceptors (Lipinski definition) is 1. The van der Waals surface area contributed by atoms with Gasteiger partial charge in [0.2, 0.25) is 0 Å². The topological polar surface area (TPSA) is 12.0 Å². The van der Waals surface area contributed by atoms with Crippen LogP contribution in [0.15, 0.2) is 36.1 Å². The Bertz CT molecular complexity index is 152. The van der Waals surface area contributed by atoms with Gasteiger partial charge in [-0.05, 0) is 26.0 Å². The Labute approximate surface area is 63.1 Å². The van der Waals surface area contributed by atoms with Gasteiger partial charge in [-0.1, -0.05) is 18.2 Å². The molecule has 0 saturated heterocycles. The maximum atomic E-state index is 3.06. The number of likely N-dealkylation sites (N-methyl/N-ethyl adjacent to an activating group) is 1. The zero-order valence-electron chi connectivity index (χ0n) is 6.89. The monoisotopic (exact) mass is 137 g/mol. The second-order valence-corrected chi connectivity index (χ2v) is 1.90. The SMILES string of the molecule is C\C=C/C=C(\C=C\C)NC. The van der Waals surface area contributed by atoms with E-state index in [1.165, 1.54) is 0 Å². The minimum Gasteiger partial charge on any atom is -0.388 e. The molecular weight excluding hydrogens is 122 g/mol. The van der Waals surface area contributed by atoms with Gasteiger partial charge in [0.25, 0.3) is 0 Å². The van der Waals surface area contributed by atoms with E-state index >= 15 is 0 Å². The van der Waals surface area contributed by atoms with Gasteiger partial charge in [0, 0.05) is 12.7 Å². The fourth-order valence-electron chi connectivity index (χ4n) is 0.602. The summed E-state index contributed by atoms with van der Waals surface area (Å²) in [6, 6.07) is 0. The molecule has 1 nitrogen and oxygen atoms in total. The fourth-order valence-corrected chi connectivity index (χ4v) is 0.602.